The van der Waals surface area contributed by atoms with Crippen LogP contribution in [0.4, 0.5) is 0 Å². The van der Waals surface area contributed by atoms with Crippen molar-refractivity contribution in [3.63, 3.8) is 0 Å². The van der Waals surface area contributed by atoms with Crippen molar-refractivity contribution in [2.24, 2.45) is 11.8 Å². The number of hydrogen-bond donors (Lipinski definition) is 0. The van der Waals surface area contributed by atoms with Crippen molar-refractivity contribution in [3.05, 3.63) is 0 Å². The van der Waals surface area contributed by atoms with E-state index in [2.05, 4.69) is 20.8 Å². The van der Waals surface area contributed by atoms with Gasteiger partial charge >= 0.3 is 0 Å². The molecule has 0 radical (unpaired) electrons. The fourth-order valence-electron chi connectivity index (χ4n) is 1.35. The largest absolute Gasteiger partial charge is 0.385 e. The lowest BCUT2D eigenvalue weighted by atomic mass is 9.90. The van der Waals surface area contributed by atoms with Crippen LogP contribution < -0.4 is 0 Å². The van der Waals surface area contributed by atoms with E-state index in [1.165, 1.54) is 0 Å². The summed E-state index contributed by atoms with van der Waals surface area (Å²) in [6.45, 7) is 7.29. The predicted octanol–water partition coefficient (Wildman–Crippen LogP) is 2.92. The molecule has 0 aromatic carbocycles. The van der Waals surface area contributed by atoms with Gasteiger partial charge in [-0.1, -0.05) is 13.8 Å². The van der Waals surface area contributed by atoms with Gasteiger partial charge in [-0.3, -0.25) is 0 Å². The van der Waals surface area contributed by atoms with Crippen LogP contribution in [0.15, 0.2) is 0 Å². The summed E-state index contributed by atoms with van der Waals surface area (Å²) in [6.07, 6.45) is 1.07. The van der Waals surface area contributed by atoms with E-state index in [0.717, 1.165) is 13.0 Å². The van der Waals surface area contributed by atoms with Crippen molar-refractivity contribution < 1.29 is 4.74 Å². The van der Waals surface area contributed by atoms with Gasteiger partial charge in [0.25, 0.3) is 0 Å². The Balaban J connectivity index is 3.70. The van der Waals surface area contributed by atoms with Gasteiger partial charge in [0.2, 0.25) is 0 Å². The fourth-order valence-corrected chi connectivity index (χ4v) is 1.76. The Morgan fingerprint density at radius 2 is 1.82 bits per heavy atom. The van der Waals surface area contributed by atoms with Crippen molar-refractivity contribution in [1.82, 2.24) is 0 Å². The second-order valence-electron chi connectivity index (χ2n) is 3.37. The highest BCUT2D eigenvalue weighted by molar-refractivity contribution is 6.20. The molecule has 0 spiro atoms. The molecule has 0 aliphatic heterocycles. The summed E-state index contributed by atoms with van der Waals surface area (Å²) in [6, 6.07) is 0. The number of rotatable bonds is 5. The zero-order chi connectivity index (χ0) is 8.85. The molecule has 0 saturated heterocycles. The predicted molar refractivity (Wildman–Crippen MR) is 50.1 cm³/mol. The van der Waals surface area contributed by atoms with Crippen molar-refractivity contribution in [1.29, 1.82) is 0 Å². The van der Waals surface area contributed by atoms with Crippen LogP contribution in [0.25, 0.3) is 0 Å². The van der Waals surface area contributed by atoms with Gasteiger partial charge in [-0.2, -0.15) is 0 Å². The lowest BCUT2D eigenvalue weighted by molar-refractivity contribution is 0.164. The molecular formula is C9H19ClO. The number of methoxy groups -OCH3 is 1. The molecule has 0 saturated carbocycles. The molecule has 0 heterocycles. The smallest absolute Gasteiger partial charge is 0.0465 e. The third-order valence-electron chi connectivity index (χ3n) is 2.10. The number of ether oxygens (including phenoxy) is 1. The zero-order valence-corrected chi connectivity index (χ0v) is 8.69. The van der Waals surface area contributed by atoms with Crippen LogP contribution in [-0.2, 0) is 4.74 Å². The molecular weight excluding hydrogens is 160 g/mol. The van der Waals surface area contributed by atoms with Gasteiger partial charge in [0.05, 0.1) is 0 Å². The van der Waals surface area contributed by atoms with Crippen molar-refractivity contribution in [2.45, 2.75) is 32.6 Å². The van der Waals surface area contributed by atoms with Crippen molar-refractivity contribution in [2.75, 3.05) is 13.7 Å². The van der Waals surface area contributed by atoms with Crippen LogP contribution in [0.5, 0.6) is 0 Å². The van der Waals surface area contributed by atoms with E-state index in [0.29, 0.717) is 11.8 Å². The Bertz CT molecular complexity index is 83.6. The molecule has 0 aromatic heterocycles. The molecule has 0 aromatic rings. The Hall–Kier alpha value is 0.250. The minimum Gasteiger partial charge on any atom is -0.385 e. The first-order valence-corrected chi connectivity index (χ1v) is 4.66. The number of halogens is 1. The minimum atomic E-state index is 0.255. The van der Waals surface area contributed by atoms with Crippen molar-refractivity contribution in [3.8, 4) is 0 Å². The first-order valence-electron chi connectivity index (χ1n) is 4.22. The van der Waals surface area contributed by atoms with E-state index in [1.807, 2.05) is 0 Å². The highest BCUT2D eigenvalue weighted by atomic mass is 35.5. The maximum absolute atomic E-state index is 6.02. The monoisotopic (exact) mass is 178 g/mol. The topological polar surface area (TPSA) is 9.23 Å². The van der Waals surface area contributed by atoms with Crippen LogP contribution >= 0.6 is 11.6 Å². The summed E-state index contributed by atoms with van der Waals surface area (Å²) < 4.78 is 5.01. The molecule has 0 fully saturated rings. The lowest BCUT2D eigenvalue weighted by Crippen LogP contribution is -2.19. The molecule has 2 atom stereocenters. The standard InChI is InChI=1S/C9H19ClO/c1-7(2)9(8(3)10)5-6-11-4/h7-9H,5-6H2,1-4H3. The zero-order valence-electron chi connectivity index (χ0n) is 7.93. The molecule has 0 N–H and O–H groups in total. The molecule has 1 nitrogen and oxygen atoms in total. The maximum atomic E-state index is 6.02. The van der Waals surface area contributed by atoms with E-state index >= 15 is 0 Å². The van der Waals surface area contributed by atoms with Gasteiger partial charge in [0.1, 0.15) is 0 Å². The van der Waals surface area contributed by atoms with Gasteiger partial charge in [0.15, 0.2) is 0 Å². The van der Waals surface area contributed by atoms with E-state index < -0.39 is 0 Å². The maximum Gasteiger partial charge on any atom is 0.0465 e. The van der Waals surface area contributed by atoms with Gasteiger partial charge in [0, 0.05) is 19.1 Å². The highest BCUT2D eigenvalue weighted by Crippen LogP contribution is 2.22. The normalized spacial score (nSPS) is 16.9. The van der Waals surface area contributed by atoms with E-state index in [-0.39, 0.29) is 5.38 Å². The SMILES string of the molecule is COCCC(C(C)C)C(C)Cl. The molecule has 0 aliphatic rings. The molecule has 0 rings (SSSR count). The molecule has 2 unspecified atom stereocenters. The third kappa shape index (κ3) is 4.65. The lowest BCUT2D eigenvalue weighted by Gasteiger charge is -2.22. The van der Waals surface area contributed by atoms with Crippen molar-refractivity contribution >= 4 is 11.6 Å². The number of alkyl halides is 1. The summed E-state index contributed by atoms with van der Waals surface area (Å²) in [5.74, 6) is 1.23. The van der Waals surface area contributed by atoms with Crippen LogP contribution in [0, 0.1) is 11.8 Å². The average molecular weight is 179 g/mol. The summed E-state index contributed by atoms with van der Waals surface area (Å²) in [5, 5.41) is 0.255. The highest BCUT2D eigenvalue weighted by Gasteiger charge is 2.17. The van der Waals surface area contributed by atoms with Crippen LogP contribution in [0.2, 0.25) is 0 Å². The van der Waals surface area contributed by atoms with E-state index in [1.54, 1.807) is 7.11 Å². The van der Waals surface area contributed by atoms with E-state index in [4.69, 9.17) is 16.3 Å². The van der Waals surface area contributed by atoms with Gasteiger partial charge in [-0.25, -0.2) is 0 Å². The molecule has 11 heavy (non-hydrogen) atoms. The first kappa shape index (κ1) is 11.2. The summed E-state index contributed by atoms with van der Waals surface area (Å²) in [7, 11) is 1.73. The molecule has 2 heteroatoms. The Kier molecular flexibility index (Phi) is 5.98. The minimum absolute atomic E-state index is 0.255. The average Bonchev–Trinajstić information content (AvgIpc) is 1.87. The second kappa shape index (κ2) is 5.84. The molecule has 68 valence electrons. The third-order valence-corrected chi connectivity index (χ3v) is 2.43. The summed E-state index contributed by atoms with van der Waals surface area (Å²) >= 11 is 6.02. The fraction of sp³-hybridized carbons (Fsp3) is 1.00. The van der Waals surface area contributed by atoms with Crippen LogP contribution in [-0.4, -0.2) is 19.1 Å². The quantitative estimate of drug-likeness (QED) is 0.589. The molecule has 0 aliphatic carbocycles. The molecule has 0 bridgehead atoms. The Morgan fingerprint density at radius 1 is 1.27 bits per heavy atom. The van der Waals surface area contributed by atoms with Gasteiger partial charge < -0.3 is 4.74 Å². The van der Waals surface area contributed by atoms with Crippen LogP contribution in [0.3, 0.4) is 0 Å². The summed E-state index contributed by atoms with van der Waals surface area (Å²) in [5.41, 5.74) is 0. The van der Waals surface area contributed by atoms with Crippen LogP contribution in [0.1, 0.15) is 27.2 Å². The second-order valence-corrected chi connectivity index (χ2v) is 4.06. The van der Waals surface area contributed by atoms with Gasteiger partial charge in [-0.15, -0.1) is 11.6 Å². The Morgan fingerprint density at radius 3 is 2.09 bits per heavy atom. The molecule has 0 amide bonds. The van der Waals surface area contributed by atoms with Gasteiger partial charge in [-0.05, 0) is 25.2 Å². The first-order chi connectivity index (χ1) is 5.09. The Labute approximate surface area is 75.1 Å². The van der Waals surface area contributed by atoms with E-state index in [9.17, 15) is 0 Å². The number of hydrogen-bond acceptors (Lipinski definition) is 1. The summed E-state index contributed by atoms with van der Waals surface area (Å²) in [4.78, 5) is 0.